The molecule has 0 aliphatic carbocycles. The summed E-state index contributed by atoms with van der Waals surface area (Å²) in [5.41, 5.74) is 4.12. The first-order valence-corrected chi connectivity index (χ1v) is 6.07. The Balaban J connectivity index is 2.00. The van der Waals surface area contributed by atoms with Crippen LogP contribution >= 0.6 is 0 Å². The van der Waals surface area contributed by atoms with Crippen LogP contribution in [0.4, 0.5) is 0 Å². The molecule has 0 unspecified atom stereocenters. The first-order chi connectivity index (χ1) is 7.40. The molecule has 1 N–H and O–H groups in total. The summed E-state index contributed by atoms with van der Waals surface area (Å²) in [5, 5.41) is 3.40. The van der Waals surface area contributed by atoms with Crippen LogP contribution in [-0.2, 0) is 19.4 Å². The van der Waals surface area contributed by atoms with Crippen LogP contribution in [0.5, 0.6) is 0 Å². The number of fused-ring (bicyclic) bond motifs is 1. The Morgan fingerprint density at radius 3 is 3.20 bits per heavy atom. The van der Waals surface area contributed by atoms with Gasteiger partial charge in [-0.05, 0) is 24.0 Å². The number of nitrogens with zero attached hydrogens (tertiary/aromatic N) is 1. The fourth-order valence-electron chi connectivity index (χ4n) is 2.11. The van der Waals surface area contributed by atoms with Gasteiger partial charge in [-0.25, -0.2) is 0 Å². The van der Waals surface area contributed by atoms with Crippen molar-refractivity contribution in [1.29, 1.82) is 0 Å². The molecule has 0 atom stereocenters. The summed E-state index contributed by atoms with van der Waals surface area (Å²) in [6.07, 6.45) is 8.26. The Bertz CT molecular complexity index is 320. The minimum Gasteiger partial charge on any atom is -0.312 e. The van der Waals surface area contributed by atoms with Gasteiger partial charge < -0.3 is 5.32 Å². The summed E-state index contributed by atoms with van der Waals surface area (Å²) in [6, 6.07) is 2.34. The third kappa shape index (κ3) is 2.78. The van der Waals surface area contributed by atoms with E-state index < -0.39 is 0 Å². The van der Waals surface area contributed by atoms with Crippen LogP contribution in [0.15, 0.2) is 12.3 Å². The van der Waals surface area contributed by atoms with E-state index >= 15 is 0 Å². The second-order valence-corrected chi connectivity index (χ2v) is 4.33. The smallest absolute Gasteiger partial charge is 0.0461 e. The molecule has 2 rings (SSSR count). The topological polar surface area (TPSA) is 24.9 Å². The molecule has 2 heterocycles. The van der Waals surface area contributed by atoms with E-state index in [-0.39, 0.29) is 0 Å². The van der Waals surface area contributed by atoms with E-state index in [0.717, 1.165) is 19.5 Å². The first-order valence-electron chi connectivity index (χ1n) is 6.07. The van der Waals surface area contributed by atoms with Crippen LogP contribution in [0, 0.1) is 0 Å². The fourth-order valence-corrected chi connectivity index (χ4v) is 2.11. The predicted molar refractivity (Wildman–Crippen MR) is 62.9 cm³/mol. The number of hydrogen-bond acceptors (Lipinski definition) is 2. The van der Waals surface area contributed by atoms with Crippen molar-refractivity contribution in [3.05, 3.63) is 29.1 Å². The zero-order valence-electron chi connectivity index (χ0n) is 9.55. The van der Waals surface area contributed by atoms with Crippen molar-refractivity contribution in [1.82, 2.24) is 10.3 Å². The highest BCUT2D eigenvalue weighted by atomic mass is 14.9. The molecule has 2 nitrogen and oxygen atoms in total. The van der Waals surface area contributed by atoms with Gasteiger partial charge in [0.15, 0.2) is 0 Å². The third-order valence-corrected chi connectivity index (χ3v) is 3.04. The summed E-state index contributed by atoms with van der Waals surface area (Å²) < 4.78 is 0. The fraction of sp³-hybridized carbons (Fsp3) is 0.615. The molecule has 1 aliphatic heterocycles. The molecule has 0 spiro atoms. The molecule has 2 heteroatoms. The van der Waals surface area contributed by atoms with Crippen LogP contribution in [0.25, 0.3) is 0 Å². The van der Waals surface area contributed by atoms with Gasteiger partial charge in [0.25, 0.3) is 0 Å². The molecule has 0 saturated carbocycles. The molecule has 0 radical (unpaired) electrons. The van der Waals surface area contributed by atoms with Gasteiger partial charge in [-0.15, -0.1) is 0 Å². The van der Waals surface area contributed by atoms with Crippen LogP contribution in [-0.4, -0.2) is 11.5 Å². The van der Waals surface area contributed by atoms with Gasteiger partial charge in [0.2, 0.25) is 0 Å². The lowest BCUT2D eigenvalue weighted by atomic mass is 10.0. The molecule has 0 amide bonds. The largest absolute Gasteiger partial charge is 0.312 e. The monoisotopic (exact) mass is 204 g/mol. The zero-order valence-corrected chi connectivity index (χ0v) is 9.55. The van der Waals surface area contributed by atoms with E-state index in [9.17, 15) is 0 Å². The Morgan fingerprint density at radius 2 is 2.33 bits per heavy atom. The number of unbranched alkanes of at least 4 members (excludes halogenated alkanes) is 2. The van der Waals surface area contributed by atoms with Gasteiger partial charge >= 0.3 is 0 Å². The quantitative estimate of drug-likeness (QED) is 0.762. The molecule has 0 aromatic carbocycles. The minimum absolute atomic E-state index is 1.00. The summed E-state index contributed by atoms with van der Waals surface area (Å²) in [6.45, 7) is 4.33. The number of pyridine rings is 1. The number of rotatable bonds is 4. The minimum atomic E-state index is 1.00. The standard InChI is InChI=1S/C13H20N2/c1-2-3-4-5-11-8-12-10-14-7-6-13(12)15-9-11/h8-9,14H,2-7,10H2,1H3. The molecule has 0 bridgehead atoms. The van der Waals surface area contributed by atoms with Crippen LogP contribution in [0.1, 0.15) is 43.0 Å². The van der Waals surface area contributed by atoms with E-state index in [2.05, 4.69) is 29.5 Å². The van der Waals surface area contributed by atoms with E-state index in [1.807, 2.05) is 0 Å². The summed E-state index contributed by atoms with van der Waals surface area (Å²) in [5.74, 6) is 0. The second-order valence-electron chi connectivity index (χ2n) is 4.33. The van der Waals surface area contributed by atoms with Gasteiger partial charge in [-0.1, -0.05) is 25.8 Å². The zero-order chi connectivity index (χ0) is 10.5. The molecule has 0 fully saturated rings. The van der Waals surface area contributed by atoms with Gasteiger partial charge in [0.1, 0.15) is 0 Å². The van der Waals surface area contributed by atoms with Crippen molar-refractivity contribution in [3.63, 3.8) is 0 Å². The van der Waals surface area contributed by atoms with Crippen molar-refractivity contribution >= 4 is 0 Å². The molecular weight excluding hydrogens is 184 g/mol. The highest BCUT2D eigenvalue weighted by Gasteiger charge is 2.09. The van der Waals surface area contributed by atoms with Crippen molar-refractivity contribution in [2.24, 2.45) is 0 Å². The van der Waals surface area contributed by atoms with E-state index in [4.69, 9.17) is 0 Å². The Kier molecular flexibility index (Phi) is 3.73. The normalized spacial score (nSPS) is 15.0. The number of aromatic nitrogens is 1. The van der Waals surface area contributed by atoms with E-state index in [1.54, 1.807) is 0 Å². The average molecular weight is 204 g/mol. The SMILES string of the molecule is CCCCCc1cnc2c(c1)CNCC2. The molecular formula is C13H20N2. The van der Waals surface area contributed by atoms with Gasteiger partial charge in [0.05, 0.1) is 0 Å². The average Bonchev–Trinajstić information content (AvgIpc) is 2.29. The van der Waals surface area contributed by atoms with Crippen molar-refractivity contribution in [2.75, 3.05) is 6.54 Å². The van der Waals surface area contributed by atoms with Gasteiger partial charge in [0, 0.05) is 31.4 Å². The molecule has 0 saturated heterocycles. The number of nitrogens with one attached hydrogen (secondary N) is 1. The molecule has 1 aromatic rings. The van der Waals surface area contributed by atoms with Crippen molar-refractivity contribution in [2.45, 2.75) is 45.6 Å². The molecule has 1 aromatic heterocycles. The molecule has 1 aliphatic rings. The maximum Gasteiger partial charge on any atom is 0.0461 e. The summed E-state index contributed by atoms with van der Waals surface area (Å²) in [7, 11) is 0. The third-order valence-electron chi connectivity index (χ3n) is 3.04. The van der Waals surface area contributed by atoms with Gasteiger partial charge in [-0.3, -0.25) is 4.98 Å². The van der Waals surface area contributed by atoms with Crippen LogP contribution < -0.4 is 5.32 Å². The maximum absolute atomic E-state index is 4.56. The molecule has 15 heavy (non-hydrogen) atoms. The highest BCUT2D eigenvalue weighted by Crippen LogP contribution is 2.14. The Hall–Kier alpha value is -0.890. The highest BCUT2D eigenvalue weighted by molar-refractivity contribution is 5.27. The van der Waals surface area contributed by atoms with Crippen LogP contribution in [0.2, 0.25) is 0 Å². The lowest BCUT2D eigenvalue weighted by Crippen LogP contribution is -2.24. The number of hydrogen-bond donors (Lipinski definition) is 1. The van der Waals surface area contributed by atoms with E-state index in [1.165, 1.54) is 42.5 Å². The Morgan fingerprint density at radius 1 is 1.40 bits per heavy atom. The first kappa shape index (κ1) is 10.6. The summed E-state index contributed by atoms with van der Waals surface area (Å²) >= 11 is 0. The molecule has 82 valence electrons. The second kappa shape index (κ2) is 5.26. The lowest BCUT2D eigenvalue weighted by molar-refractivity contribution is 0.626. The van der Waals surface area contributed by atoms with Crippen molar-refractivity contribution in [3.8, 4) is 0 Å². The van der Waals surface area contributed by atoms with E-state index in [0.29, 0.717) is 0 Å². The maximum atomic E-state index is 4.56. The Labute approximate surface area is 92.1 Å². The van der Waals surface area contributed by atoms with Crippen LogP contribution in [0.3, 0.4) is 0 Å². The van der Waals surface area contributed by atoms with Crippen molar-refractivity contribution < 1.29 is 0 Å². The number of aryl methyl sites for hydroxylation is 1. The lowest BCUT2D eigenvalue weighted by Gasteiger charge is -2.16. The summed E-state index contributed by atoms with van der Waals surface area (Å²) in [4.78, 5) is 4.56. The predicted octanol–water partition coefficient (Wildman–Crippen LogP) is 2.46. The van der Waals surface area contributed by atoms with Gasteiger partial charge in [-0.2, -0.15) is 0 Å².